The fourth-order valence-electron chi connectivity index (χ4n) is 2.81. The first kappa shape index (κ1) is 19.8. The number of amides is 1. The zero-order chi connectivity index (χ0) is 20.9. The second kappa shape index (κ2) is 8.89. The molecule has 0 aliphatic rings. The van der Waals surface area contributed by atoms with Crippen LogP contribution in [0.4, 0.5) is 5.69 Å². The van der Waals surface area contributed by atoms with Crippen LogP contribution in [0.5, 0.6) is 5.75 Å². The fourth-order valence-corrected chi connectivity index (χ4v) is 3.95. The number of fused-ring (bicyclic) bond motifs is 1. The van der Waals surface area contributed by atoms with Gasteiger partial charge in [0.25, 0.3) is 5.91 Å². The molecule has 0 unspecified atom stereocenters. The second-order valence-corrected chi connectivity index (χ2v) is 7.77. The average Bonchev–Trinajstić information content (AvgIpc) is 3.22. The van der Waals surface area contributed by atoms with Crippen molar-refractivity contribution in [2.24, 2.45) is 0 Å². The Morgan fingerprint density at radius 1 is 1.00 bits per heavy atom. The van der Waals surface area contributed by atoms with Gasteiger partial charge >= 0.3 is 0 Å². The van der Waals surface area contributed by atoms with Crippen LogP contribution in [0.25, 0.3) is 20.8 Å². The maximum absolute atomic E-state index is 12.4. The number of methoxy groups -OCH3 is 1. The monoisotopic (exact) mass is 434 g/mol. The Labute approximate surface area is 182 Å². The zero-order valence-electron chi connectivity index (χ0n) is 16.0. The lowest BCUT2D eigenvalue weighted by Crippen LogP contribution is -2.43. The van der Waals surface area contributed by atoms with Crippen molar-refractivity contribution in [1.82, 2.24) is 15.8 Å². The van der Waals surface area contributed by atoms with E-state index < -0.39 is 0 Å². The molecule has 0 bridgehead atoms. The summed E-state index contributed by atoms with van der Waals surface area (Å²) in [5.41, 5.74) is 8.50. The van der Waals surface area contributed by atoms with Gasteiger partial charge in [-0.05, 0) is 48.6 Å². The van der Waals surface area contributed by atoms with Crippen LogP contribution in [0.2, 0.25) is 0 Å². The van der Waals surface area contributed by atoms with Crippen molar-refractivity contribution in [1.29, 1.82) is 0 Å². The van der Waals surface area contributed by atoms with Gasteiger partial charge in [0.2, 0.25) is 0 Å². The van der Waals surface area contributed by atoms with Crippen LogP contribution >= 0.6 is 23.6 Å². The minimum Gasteiger partial charge on any atom is -0.497 e. The zero-order valence-corrected chi connectivity index (χ0v) is 17.6. The molecule has 0 aliphatic carbocycles. The molecule has 8 heteroatoms. The molecule has 0 fully saturated rings. The van der Waals surface area contributed by atoms with Crippen molar-refractivity contribution in [3.63, 3.8) is 0 Å². The maximum Gasteiger partial charge on any atom is 0.269 e. The predicted molar refractivity (Wildman–Crippen MR) is 125 cm³/mol. The number of para-hydroxylation sites is 1. The number of carbonyl (C=O) groups is 1. The summed E-state index contributed by atoms with van der Waals surface area (Å²) in [5.74, 6) is 0.417. The van der Waals surface area contributed by atoms with E-state index in [1.165, 1.54) is 0 Å². The highest BCUT2D eigenvalue weighted by Crippen LogP contribution is 2.30. The summed E-state index contributed by atoms with van der Waals surface area (Å²) in [4.78, 5) is 17.0. The van der Waals surface area contributed by atoms with Gasteiger partial charge < -0.3 is 10.1 Å². The molecule has 1 heterocycles. The Morgan fingerprint density at radius 2 is 1.80 bits per heavy atom. The molecule has 1 amide bonds. The number of nitrogens with one attached hydrogen (secondary N) is 3. The Balaban J connectivity index is 1.36. The molecule has 4 rings (SSSR count). The first-order chi connectivity index (χ1) is 14.6. The topological polar surface area (TPSA) is 75.3 Å². The van der Waals surface area contributed by atoms with Gasteiger partial charge in [0.1, 0.15) is 10.8 Å². The van der Waals surface area contributed by atoms with E-state index in [0.29, 0.717) is 11.3 Å². The van der Waals surface area contributed by atoms with E-state index in [2.05, 4.69) is 21.2 Å². The summed E-state index contributed by atoms with van der Waals surface area (Å²) in [6.07, 6.45) is 0. The molecule has 1 aromatic heterocycles. The first-order valence-corrected chi connectivity index (χ1v) is 10.3. The van der Waals surface area contributed by atoms with Gasteiger partial charge in [-0.3, -0.25) is 15.6 Å². The molecular formula is C22H18N4O2S2. The number of rotatable bonds is 4. The smallest absolute Gasteiger partial charge is 0.269 e. The fraction of sp³-hybridized carbons (Fsp3) is 0.0455. The van der Waals surface area contributed by atoms with Gasteiger partial charge in [0.05, 0.1) is 17.3 Å². The van der Waals surface area contributed by atoms with E-state index in [-0.39, 0.29) is 11.0 Å². The van der Waals surface area contributed by atoms with Crippen LogP contribution in [0, 0.1) is 0 Å². The summed E-state index contributed by atoms with van der Waals surface area (Å²) in [5, 5.41) is 4.17. The quantitative estimate of drug-likeness (QED) is 0.322. The van der Waals surface area contributed by atoms with Crippen molar-refractivity contribution in [2.75, 3.05) is 12.4 Å². The number of thiocarbonyl (C=S) groups is 1. The van der Waals surface area contributed by atoms with E-state index >= 15 is 0 Å². The number of carbonyl (C=O) groups excluding carboxylic acids is 1. The van der Waals surface area contributed by atoms with Crippen molar-refractivity contribution < 1.29 is 9.53 Å². The number of aromatic nitrogens is 1. The summed E-state index contributed by atoms with van der Waals surface area (Å²) >= 11 is 6.84. The van der Waals surface area contributed by atoms with E-state index in [4.69, 9.17) is 17.0 Å². The maximum atomic E-state index is 12.4. The Bertz CT molecular complexity index is 1170. The third-order valence-electron chi connectivity index (χ3n) is 4.31. The van der Waals surface area contributed by atoms with Gasteiger partial charge in [-0.15, -0.1) is 11.3 Å². The third-order valence-corrected chi connectivity index (χ3v) is 5.59. The molecule has 6 nitrogen and oxygen atoms in total. The summed E-state index contributed by atoms with van der Waals surface area (Å²) in [7, 11) is 1.60. The molecule has 3 N–H and O–H groups in total. The van der Waals surface area contributed by atoms with Gasteiger partial charge in [-0.25, -0.2) is 4.98 Å². The largest absolute Gasteiger partial charge is 0.497 e. The van der Waals surface area contributed by atoms with E-state index in [1.54, 1.807) is 36.6 Å². The molecule has 0 aliphatic heterocycles. The minimum atomic E-state index is -0.291. The van der Waals surface area contributed by atoms with Crippen LogP contribution in [-0.4, -0.2) is 23.1 Å². The van der Waals surface area contributed by atoms with Gasteiger partial charge in [0.15, 0.2) is 5.11 Å². The number of hydrogen-bond acceptors (Lipinski definition) is 5. The van der Waals surface area contributed by atoms with E-state index in [9.17, 15) is 4.79 Å². The normalized spacial score (nSPS) is 10.4. The SMILES string of the molecule is COc1cccc(NC(=S)NNC(=O)c2ccc(-c3nc4ccccc4s3)cc2)c1. The Kier molecular flexibility index (Phi) is 5.87. The average molecular weight is 435 g/mol. The summed E-state index contributed by atoms with van der Waals surface area (Å²) in [6, 6.07) is 22.6. The molecule has 150 valence electrons. The van der Waals surface area contributed by atoms with Crippen LogP contribution in [-0.2, 0) is 0 Å². The molecule has 4 aromatic rings. The third kappa shape index (κ3) is 4.56. The molecular weight excluding hydrogens is 416 g/mol. The number of benzene rings is 3. The highest BCUT2D eigenvalue weighted by Gasteiger charge is 2.09. The Hall–Kier alpha value is -3.49. The number of nitrogens with zero attached hydrogens (tertiary/aromatic N) is 1. The molecule has 0 spiro atoms. The number of thiazole rings is 1. The lowest BCUT2D eigenvalue weighted by atomic mass is 10.1. The van der Waals surface area contributed by atoms with E-state index in [1.807, 2.05) is 54.6 Å². The molecule has 0 radical (unpaired) electrons. The molecule has 0 atom stereocenters. The van der Waals surface area contributed by atoms with Crippen LogP contribution in [0.1, 0.15) is 10.4 Å². The Morgan fingerprint density at radius 3 is 2.57 bits per heavy atom. The highest BCUT2D eigenvalue weighted by molar-refractivity contribution is 7.80. The number of ether oxygens (including phenoxy) is 1. The van der Waals surface area contributed by atoms with Crippen molar-refractivity contribution >= 4 is 50.5 Å². The molecule has 3 aromatic carbocycles. The van der Waals surface area contributed by atoms with E-state index in [0.717, 1.165) is 26.5 Å². The number of hydrazine groups is 1. The standard InChI is InChI=1S/C22H18N4O2S2/c1-28-17-6-4-5-16(13-17)23-22(29)26-25-20(27)14-9-11-15(12-10-14)21-24-18-7-2-3-8-19(18)30-21/h2-13H,1H3,(H,25,27)(H2,23,26,29). The van der Waals surface area contributed by atoms with Gasteiger partial charge in [-0.2, -0.15) is 0 Å². The summed E-state index contributed by atoms with van der Waals surface area (Å²) in [6.45, 7) is 0. The van der Waals surface area contributed by atoms with Crippen LogP contribution < -0.4 is 20.9 Å². The number of anilines is 1. The van der Waals surface area contributed by atoms with Gasteiger partial charge in [0, 0.05) is 22.9 Å². The van der Waals surface area contributed by atoms with Crippen molar-refractivity contribution in [2.45, 2.75) is 0 Å². The first-order valence-electron chi connectivity index (χ1n) is 9.10. The second-order valence-electron chi connectivity index (χ2n) is 6.33. The van der Waals surface area contributed by atoms with Crippen molar-refractivity contribution in [3.8, 4) is 16.3 Å². The lowest BCUT2D eigenvalue weighted by molar-refractivity contribution is 0.0944. The van der Waals surface area contributed by atoms with Gasteiger partial charge in [-0.1, -0.05) is 30.3 Å². The molecule has 0 saturated carbocycles. The lowest BCUT2D eigenvalue weighted by Gasteiger charge is -2.12. The highest BCUT2D eigenvalue weighted by atomic mass is 32.1. The van der Waals surface area contributed by atoms with Crippen LogP contribution in [0.3, 0.4) is 0 Å². The molecule has 30 heavy (non-hydrogen) atoms. The van der Waals surface area contributed by atoms with Crippen molar-refractivity contribution in [3.05, 3.63) is 78.4 Å². The predicted octanol–water partition coefficient (Wildman–Crippen LogP) is 4.60. The molecule has 0 saturated heterocycles. The summed E-state index contributed by atoms with van der Waals surface area (Å²) < 4.78 is 6.31. The van der Waals surface area contributed by atoms with Crippen LogP contribution in [0.15, 0.2) is 72.8 Å². The minimum absolute atomic E-state index is 0.266. The number of hydrogen-bond donors (Lipinski definition) is 3.